The third kappa shape index (κ3) is 4.88. The first kappa shape index (κ1) is 25.5. The molecule has 3 aromatic rings. The van der Waals surface area contributed by atoms with Crippen LogP contribution < -0.4 is 10.5 Å². The van der Waals surface area contributed by atoms with Gasteiger partial charge in [0.25, 0.3) is 11.8 Å². The Balaban J connectivity index is 1.67. The molecule has 1 aromatic heterocycles. The van der Waals surface area contributed by atoms with Gasteiger partial charge in [-0.2, -0.15) is 0 Å². The smallest absolute Gasteiger partial charge is 0.257 e. The summed E-state index contributed by atoms with van der Waals surface area (Å²) in [4.78, 5) is 33.9. The quantitative estimate of drug-likeness (QED) is 0.511. The maximum atomic E-state index is 14.9. The number of carbonyl (C=O) groups excluding carboxylic acids is 2. The van der Waals surface area contributed by atoms with Crippen molar-refractivity contribution in [2.24, 2.45) is 0 Å². The number of aromatic nitrogens is 1. The highest BCUT2D eigenvalue weighted by molar-refractivity contribution is 7.98. The summed E-state index contributed by atoms with van der Waals surface area (Å²) < 4.78 is 20.8. The monoisotopic (exact) mass is 508 g/mol. The standard InChI is InChI=1S/C27H29FN4O3S/c1-5-19-20(7-9-23(36-4)24(19)28)27(34)32-10-11-35-22-8-6-16(12-18(22)15-32)17-13-21(25(29)30-14-17)26(33)31(2)3/h6-9,12-14H,5,10-11,15H2,1-4H3,(H2,29,30). The van der Waals surface area contributed by atoms with Crippen LogP contribution in [0.2, 0.25) is 0 Å². The number of fused-ring (bicyclic) bond motifs is 1. The van der Waals surface area contributed by atoms with Gasteiger partial charge in [0.1, 0.15) is 24.0 Å². The Morgan fingerprint density at radius 3 is 2.64 bits per heavy atom. The van der Waals surface area contributed by atoms with Gasteiger partial charge in [-0.15, -0.1) is 11.8 Å². The topological polar surface area (TPSA) is 88.8 Å². The second-order valence-electron chi connectivity index (χ2n) is 8.72. The van der Waals surface area contributed by atoms with Crippen molar-refractivity contribution < 1.29 is 18.7 Å². The second-order valence-corrected chi connectivity index (χ2v) is 9.56. The van der Waals surface area contributed by atoms with Gasteiger partial charge < -0.3 is 20.3 Å². The number of nitrogens with zero attached hydrogens (tertiary/aromatic N) is 3. The molecule has 0 spiro atoms. The zero-order chi connectivity index (χ0) is 26.0. The van der Waals surface area contributed by atoms with Crippen molar-refractivity contribution in [2.45, 2.75) is 24.8 Å². The first-order valence-corrected chi connectivity index (χ1v) is 12.9. The molecule has 36 heavy (non-hydrogen) atoms. The van der Waals surface area contributed by atoms with Crippen molar-refractivity contribution in [3.63, 3.8) is 0 Å². The highest BCUT2D eigenvalue weighted by Gasteiger charge is 2.25. The number of rotatable bonds is 5. The van der Waals surface area contributed by atoms with E-state index in [1.54, 1.807) is 43.4 Å². The van der Waals surface area contributed by atoms with Crippen LogP contribution in [0.5, 0.6) is 5.75 Å². The van der Waals surface area contributed by atoms with E-state index in [0.717, 1.165) is 16.7 Å². The number of thioether (sulfide) groups is 1. The number of ether oxygens (including phenoxy) is 1. The van der Waals surface area contributed by atoms with E-state index in [4.69, 9.17) is 10.5 Å². The lowest BCUT2D eigenvalue weighted by molar-refractivity contribution is 0.0731. The molecular formula is C27H29FN4O3S. The Bertz CT molecular complexity index is 1330. The van der Waals surface area contributed by atoms with Gasteiger partial charge in [-0.05, 0) is 48.6 Å². The molecule has 7 nitrogen and oxygen atoms in total. The Morgan fingerprint density at radius 1 is 1.17 bits per heavy atom. The number of hydrogen-bond acceptors (Lipinski definition) is 6. The SMILES string of the molecule is CCc1c(C(=O)N2CCOc3ccc(-c4cnc(N)c(C(=O)N(C)C)c4)cc3C2)ccc(SC)c1F. The minimum Gasteiger partial charge on any atom is -0.491 e. The number of carbonyl (C=O) groups is 2. The van der Waals surface area contributed by atoms with E-state index in [-0.39, 0.29) is 23.4 Å². The molecule has 0 saturated heterocycles. The van der Waals surface area contributed by atoms with Crippen LogP contribution in [-0.4, -0.2) is 60.1 Å². The summed E-state index contributed by atoms with van der Waals surface area (Å²) in [6.07, 6.45) is 3.86. The van der Waals surface area contributed by atoms with Crippen LogP contribution in [0.15, 0.2) is 47.5 Å². The average molecular weight is 509 g/mol. The number of hydrogen-bond donors (Lipinski definition) is 1. The molecule has 0 aliphatic carbocycles. The molecule has 2 aromatic carbocycles. The molecule has 0 saturated carbocycles. The summed E-state index contributed by atoms with van der Waals surface area (Å²) in [6, 6.07) is 10.8. The molecule has 0 radical (unpaired) electrons. The zero-order valence-electron chi connectivity index (χ0n) is 20.8. The number of anilines is 1. The summed E-state index contributed by atoms with van der Waals surface area (Å²) in [6.45, 7) is 2.87. The van der Waals surface area contributed by atoms with Gasteiger partial charge >= 0.3 is 0 Å². The van der Waals surface area contributed by atoms with Crippen molar-refractivity contribution >= 4 is 29.4 Å². The van der Waals surface area contributed by atoms with E-state index >= 15 is 0 Å². The summed E-state index contributed by atoms with van der Waals surface area (Å²) in [5.41, 5.74) is 9.43. The summed E-state index contributed by atoms with van der Waals surface area (Å²) in [7, 11) is 3.31. The van der Waals surface area contributed by atoms with Crippen molar-refractivity contribution in [3.05, 3.63) is 70.7 Å². The summed E-state index contributed by atoms with van der Waals surface area (Å²) in [5, 5.41) is 0. The maximum Gasteiger partial charge on any atom is 0.257 e. The molecule has 9 heteroatoms. The summed E-state index contributed by atoms with van der Waals surface area (Å²) >= 11 is 1.32. The molecular weight excluding hydrogens is 479 g/mol. The largest absolute Gasteiger partial charge is 0.491 e. The number of pyridine rings is 1. The second kappa shape index (κ2) is 10.6. The third-order valence-electron chi connectivity index (χ3n) is 6.23. The maximum absolute atomic E-state index is 14.9. The molecule has 2 heterocycles. The van der Waals surface area contributed by atoms with Gasteiger partial charge in [-0.3, -0.25) is 9.59 Å². The van der Waals surface area contributed by atoms with Gasteiger partial charge in [-0.25, -0.2) is 9.37 Å². The van der Waals surface area contributed by atoms with E-state index in [0.29, 0.717) is 53.5 Å². The lowest BCUT2D eigenvalue weighted by atomic mass is 10.0. The van der Waals surface area contributed by atoms with E-state index < -0.39 is 0 Å². The predicted molar refractivity (Wildman–Crippen MR) is 140 cm³/mol. The van der Waals surface area contributed by atoms with Gasteiger partial charge in [0.15, 0.2) is 0 Å². The molecule has 0 unspecified atom stereocenters. The molecule has 1 aliphatic rings. The van der Waals surface area contributed by atoms with Crippen LogP contribution in [0.1, 0.15) is 38.8 Å². The summed E-state index contributed by atoms with van der Waals surface area (Å²) in [5.74, 6) is 0.0559. The lowest BCUT2D eigenvalue weighted by Crippen LogP contribution is -2.33. The Morgan fingerprint density at radius 2 is 1.94 bits per heavy atom. The fourth-order valence-electron chi connectivity index (χ4n) is 4.27. The molecule has 4 rings (SSSR count). The Hall–Kier alpha value is -3.59. The van der Waals surface area contributed by atoms with Gasteiger partial charge in [0.2, 0.25) is 0 Å². The van der Waals surface area contributed by atoms with Gasteiger partial charge in [0, 0.05) is 54.0 Å². The minimum absolute atomic E-state index is 0.166. The Labute approximate surface area is 214 Å². The number of amides is 2. The average Bonchev–Trinajstić information content (AvgIpc) is 3.10. The minimum atomic E-state index is -0.330. The normalized spacial score (nSPS) is 13.0. The first-order valence-electron chi connectivity index (χ1n) is 11.6. The van der Waals surface area contributed by atoms with E-state index in [9.17, 15) is 14.0 Å². The van der Waals surface area contributed by atoms with Crippen molar-refractivity contribution in [2.75, 3.05) is 39.2 Å². The molecule has 0 fully saturated rings. The van der Waals surface area contributed by atoms with E-state index in [1.165, 1.54) is 16.7 Å². The first-order chi connectivity index (χ1) is 17.2. The van der Waals surface area contributed by atoms with Crippen molar-refractivity contribution in [3.8, 4) is 16.9 Å². The number of benzene rings is 2. The lowest BCUT2D eigenvalue weighted by Gasteiger charge is -2.22. The fraction of sp³-hybridized carbons (Fsp3) is 0.296. The molecule has 0 atom stereocenters. The van der Waals surface area contributed by atoms with Crippen LogP contribution in [0.3, 0.4) is 0 Å². The van der Waals surface area contributed by atoms with Crippen molar-refractivity contribution in [1.82, 2.24) is 14.8 Å². The highest BCUT2D eigenvalue weighted by atomic mass is 32.2. The van der Waals surface area contributed by atoms with Crippen LogP contribution >= 0.6 is 11.8 Å². The third-order valence-corrected chi connectivity index (χ3v) is 6.98. The van der Waals surface area contributed by atoms with Crippen LogP contribution in [0.4, 0.5) is 10.2 Å². The highest BCUT2D eigenvalue weighted by Crippen LogP contribution is 2.32. The van der Waals surface area contributed by atoms with E-state index in [2.05, 4.69) is 4.98 Å². The van der Waals surface area contributed by atoms with Crippen LogP contribution in [0, 0.1) is 5.82 Å². The zero-order valence-corrected chi connectivity index (χ0v) is 21.6. The fourth-order valence-corrected chi connectivity index (χ4v) is 4.77. The van der Waals surface area contributed by atoms with E-state index in [1.807, 2.05) is 31.4 Å². The van der Waals surface area contributed by atoms with Crippen LogP contribution in [0.25, 0.3) is 11.1 Å². The molecule has 1 aliphatic heterocycles. The van der Waals surface area contributed by atoms with Gasteiger partial charge in [-0.1, -0.05) is 13.0 Å². The number of halogens is 1. The molecule has 188 valence electrons. The molecule has 0 bridgehead atoms. The predicted octanol–water partition coefficient (Wildman–Crippen LogP) is 4.49. The molecule has 2 amide bonds. The number of nitrogens with two attached hydrogens (primary N) is 1. The van der Waals surface area contributed by atoms with Gasteiger partial charge in [0.05, 0.1) is 12.1 Å². The van der Waals surface area contributed by atoms with Crippen molar-refractivity contribution in [1.29, 1.82) is 0 Å². The van der Waals surface area contributed by atoms with Crippen LogP contribution in [-0.2, 0) is 13.0 Å². The Kier molecular flexibility index (Phi) is 7.49. The number of nitrogen functional groups attached to an aromatic ring is 1. The molecule has 2 N–H and O–H groups in total.